The van der Waals surface area contributed by atoms with E-state index in [0.717, 1.165) is 31.5 Å². The van der Waals surface area contributed by atoms with Gasteiger partial charge < -0.3 is 10.1 Å². The minimum atomic E-state index is -0.950. The second kappa shape index (κ2) is 6.82. The van der Waals surface area contributed by atoms with Gasteiger partial charge in [0.05, 0.1) is 17.5 Å². The van der Waals surface area contributed by atoms with Crippen molar-refractivity contribution >= 4 is 28.5 Å². The molecule has 126 valence electrons. The van der Waals surface area contributed by atoms with E-state index in [-0.39, 0.29) is 12.2 Å². The van der Waals surface area contributed by atoms with Crippen LogP contribution in [-0.2, 0) is 27.3 Å². The number of esters is 1. The fourth-order valence-electron chi connectivity index (χ4n) is 2.87. The van der Waals surface area contributed by atoms with Crippen molar-refractivity contribution in [3.63, 3.8) is 0 Å². The van der Waals surface area contributed by atoms with Crippen LogP contribution in [0.25, 0.3) is 10.9 Å². The lowest BCUT2D eigenvalue weighted by molar-refractivity contribution is -0.152. The van der Waals surface area contributed by atoms with Crippen molar-refractivity contribution in [1.82, 2.24) is 9.55 Å². The Hall–Kier alpha value is -2.70. The summed E-state index contributed by atoms with van der Waals surface area (Å²) in [5.74, 6) is -0.998. The number of carbonyl (C=O) groups excluding carboxylic acids is 2. The number of rotatable bonds is 2. The van der Waals surface area contributed by atoms with Crippen molar-refractivity contribution in [2.24, 2.45) is 0 Å². The topological polar surface area (TPSA) is 90.3 Å². The Labute approximate surface area is 138 Å². The van der Waals surface area contributed by atoms with E-state index in [2.05, 4.69) is 15.0 Å². The standard InChI is InChI=1S/C17H19N3O4/c1-2-24-17(23)15(21)18-11-7-8-13-12(10-11)16(22)20-9-5-3-4-6-14(20)19-13/h7-8,10H,2-6,9H2,1H3,(H,18,21). The lowest BCUT2D eigenvalue weighted by Gasteiger charge is -2.11. The highest BCUT2D eigenvalue weighted by molar-refractivity contribution is 6.37. The molecule has 0 saturated carbocycles. The molecule has 0 bridgehead atoms. The molecular weight excluding hydrogens is 310 g/mol. The van der Waals surface area contributed by atoms with E-state index in [9.17, 15) is 14.4 Å². The molecule has 0 atom stereocenters. The maximum Gasteiger partial charge on any atom is 0.397 e. The van der Waals surface area contributed by atoms with Crippen molar-refractivity contribution in [2.75, 3.05) is 11.9 Å². The first-order valence-electron chi connectivity index (χ1n) is 8.11. The maximum atomic E-state index is 12.7. The molecule has 0 fully saturated rings. The number of fused-ring (bicyclic) bond motifs is 2. The van der Waals surface area contributed by atoms with Gasteiger partial charge in [0.1, 0.15) is 5.82 Å². The number of carbonyl (C=O) groups is 2. The molecule has 1 aromatic heterocycles. The molecule has 1 N–H and O–H groups in total. The second-order valence-corrected chi connectivity index (χ2v) is 5.70. The van der Waals surface area contributed by atoms with Crippen molar-refractivity contribution in [1.29, 1.82) is 0 Å². The average molecular weight is 329 g/mol. The summed E-state index contributed by atoms with van der Waals surface area (Å²) in [6, 6.07) is 4.86. The van der Waals surface area contributed by atoms with Crippen LogP contribution in [0.2, 0.25) is 0 Å². The number of aryl methyl sites for hydroxylation is 1. The van der Waals surface area contributed by atoms with Crippen LogP contribution in [0.1, 0.15) is 32.0 Å². The number of ether oxygens (including phenoxy) is 1. The van der Waals surface area contributed by atoms with Gasteiger partial charge in [-0.05, 0) is 38.0 Å². The fraction of sp³-hybridized carbons (Fsp3) is 0.412. The zero-order chi connectivity index (χ0) is 17.1. The summed E-state index contributed by atoms with van der Waals surface area (Å²) in [6.45, 7) is 2.41. The van der Waals surface area contributed by atoms with Gasteiger partial charge in [-0.2, -0.15) is 0 Å². The molecule has 0 radical (unpaired) electrons. The van der Waals surface area contributed by atoms with Gasteiger partial charge in [-0.15, -0.1) is 0 Å². The Morgan fingerprint density at radius 2 is 2.12 bits per heavy atom. The smallest absolute Gasteiger partial charge is 0.397 e. The third-order valence-corrected chi connectivity index (χ3v) is 4.03. The van der Waals surface area contributed by atoms with Gasteiger partial charge >= 0.3 is 11.9 Å². The summed E-state index contributed by atoms with van der Waals surface area (Å²) in [7, 11) is 0. The van der Waals surface area contributed by atoms with E-state index >= 15 is 0 Å². The maximum absolute atomic E-state index is 12.7. The van der Waals surface area contributed by atoms with Crippen LogP contribution >= 0.6 is 0 Å². The largest absolute Gasteiger partial charge is 0.459 e. The van der Waals surface area contributed by atoms with Crippen LogP contribution in [-0.4, -0.2) is 28.0 Å². The lowest BCUT2D eigenvalue weighted by atomic mass is 10.2. The van der Waals surface area contributed by atoms with Crippen LogP contribution in [0, 0.1) is 0 Å². The number of nitrogens with one attached hydrogen (secondary N) is 1. The predicted octanol–water partition coefficient (Wildman–Crippen LogP) is 1.62. The minimum absolute atomic E-state index is 0.107. The predicted molar refractivity (Wildman–Crippen MR) is 88.8 cm³/mol. The van der Waals surface area contributed by atoms with Crippen LogP contribution < -0.4 is 10.9 Å². The highest BCUT2D eigenvalue weighted by Gasteiger charge is 2.17. The van der Waals surface area contributed by atoms with Gasteiger partial charge in [0.25, 0.3) is 5.56 Å². The van der Waals surface area contributed by atoms with Crippen LogP contribution in [0.5, 0.6) is 0 Å². The van der Waals surface area contributed by atoms with Crippen molar-refractivity contribution in [3.05, 3.63) is 34.4 Å². The van der Waals surface area contributed by atoms with Gasteiger partial charge in [0.15, 0.2) is 0 Å². The Balaban J connectivity index is 1.96. The zero-order valence-electron chi connectivity index (χ0n) is 13.5. The number of aromatic nitrogens is 2. The molecule has 0 unspecified atom stereocenters. The van der Waals surface area contributed by atoms with Gasteiger partial charge in [-0.3, -0.25) is 14.2 Å². The number of nitrogens with zero attached hydrogens (tertiary/aromatic N) is 2. The van der Waals surface area contributed by atoms with Crippen molar-refractivity contribution in [2.45, 2.75) is 39.2 Å². The van der Waals surface area contributed by atoms with Gasteiger partial charge in [-0.25, -0.2) is 9.78 Å². The van der Waals surface area contributed by atoms with E-state index in [4.69, 9.17) is 0 Å². The van der Waals surface area contributed by atoms with E-state index in [1.807, 2.05) is 0 Å². The van der Waals surface area contributed by atoms with E-state index < -0.39 is 11.9 Å². The van der Waals surface area contributed by atoms with Crippen molar-refractivity contribution < 1.29 is 14.3 Å². The van der Waals surface area contributed by atoms with Gasteiger partial charge in [0.2, 0.25) is 0 Å². The molecule has 7 nitrogen and oxygen atoms in total. The molecular formula is C17H19N3O4. The molecule has 1 amide bonds. The SMILES string of the molecule is CCOC(=O)C(=O)Nc1ccc2nc3n(c(=O)c2c1)CCCCC3. The Kier molecular flexibility index (Phi) is 4.59. The number of hydrogen-bond donors (Lipinski definition) is 1. The molecule has 1 aromatic carbocycles. The monoisotopic (exact) mass is 329 g/mol. The number of hydrogen-bond acceptors (Lipinski definition) is 5. The first kappa shape index (κ1) is 16.2. The van der Waals surface area contributed by atoms with E-state index in [0.29, 0.717) is 23.1 Å². The summed E-state index contributed by atoms with van der Waals surface area (Å²) >= 11 is 0. The molecule has 24 heavy (non-hydrogen) atoms. The quantitative estimate of drug-likeness (QED) is 0.668. The number of anilines is 1. The zero-order valence-corrected chi connectivity index (χ0v) is 13.5. The molecule has 0 spiro atoms. The Bertz CT molecular complexity index is 857. The Morgan fingerprint density at radius 1 is 1.29 bits per heavy atom. The van der Waals surface area contributed by atoms with Gasteiger partial charge in [-0.1, -0.05) is 6.42 Å². The first-order valence-corrected chi connectivity index (χ1v) is 8.11. The van der Waals surface area contributed by atoms with Gasteiger partial charge in [0, 0.05) is 18.7 Å². The molecule has 0 aliphatic carbocycles. The highest BCUT2D eigenvalue weighted by Crippen LogP contribution is 2.18. The average Bonchev–Trinajstić information content (AvgIpc) is 2.81. The molecule has 1 aliphatic rings. The molecule has 0 saturated heterocycles. The van der Waals surface area contributed by atoms with Crippen molar-refractivity contribution in [3.8, 4) is 0 Å². The summed E-state index contributed by atoms with van der Waals surface area (Å²) < 4.78 is 6.36. The summed E-state index contributed by atoms with van der Waals surface area (Å²) in [6.07, 6.45) is 3.87. The normalized spacial score (nSPS) is 13.9. The number of amides is 1. The highest BCUT2D eigenvalue weighted by atomic mass is 16.5. The third kappa shape index (κ3) is 3.15. The molecule has 1 aliphatic heterocycles. The van der Waals surface area contributed by atoms with E-state index in [1.165, 1.54) is 0 Å². The van der Waals surface area contributed by atoms with Crippen LogP contribution in [0.4, 0.5) is 5.69 Å². The second-order valence-electron chi connectivity index (χ2n) is 5.70. The van der Waals surface area contributed by atoms with Crippen LogP contribution in [0.3, 0.4) is 0 Å². The Morgan fingerprint density at radius 3 is 2.92 bits per heavy atom. The molecule has 7 heteroatoms. The fourth-order valence-corrected chi connectivity index (χ4v) is 2.87. The molecule has 2 aromatic rings. The molecule has 2 heterocycles. The van der Waals surface area contributed by atoms with E-state index in [1.54, 1.807) is 29.7 Å². The minimum Gasteiger partial charge on any atom is -0.459 e. The first-order chi connectivity index (χ1) is 11.6. The number of benzene rings is 1. The summed E-state index contributed by atoms with van der Waals surface area (Å²) in [4.78, 5) is 40.4. The summed E-state index contributed by atoms with van der Waals surface area (Å²) in [5, 5.41) is 2.88. The third-order valence-electron chi connectivity index (χ3n) is 4.03. The lowest BCUT2D eigenvalue weighted by Crippen LogP contribution is -2.26. The summed E-state index contributed by atoms with van der Waals surface area (Å²) in [5.41, 5.74) is 0.861. The molecule has 3 rings (SSSR count). The van der Waals surface area contributed by atoms with Crippen LogP contribution in [0.15, 0.2) is 23.0 Å².